The number of alkyl halides is 6. The van der Waals surface area contributed by atoms with E-state index in [1.807, 2.05) is 18.5 Å². The zero-order valence-electron chi connectivity index (χ0n) is 21.2. The SMILES string of the molecule is Cc1nc(CN2CCOCC3(CN(Cc4cccnc4)CCO3)C2)cs1.O=C(O)C(F)(F)F.O=C(O)C(F)(F)F. The minimum absolute atomic E-state index is 0.262. The van der Waals surface area contributed by atoms with E-state index in [-0.39, 0.29) is 5.60 Å². The van der Waals surface area contributed by atoms with E-state index in [1.165, 1.54) is 5.56 Å². The molecule has 10 nitrogen and oxygen atoms in total. The van der Waals surface area contributed by atoms with Crippen LogP contribution >= 0.6 is 11.3 Å². The lowest BCUT2D eigenvalue weighted by Crippen LogP contribution is -2.58. The molecule has 2 aliphatic heterocycles. The highest BCUT2D eigenvalue weighted by molar-refractivity contribution is 7.09. The molecule has 0 bridgehead atoms. The highest BCUT2D eigenvalue weighted by Gasteiger charge is 2.41. The summed E-state index contributed by atoms with van der Waals surface area (Å²) in [5, 5.41) is 17.5. The van der Waals surface area contributed by atoms with Crippen LogP contribution in [0.5, 0.6) is 0 Å². The number of halogens is 6. The van der Waals surface area contributed by atoms with Gasteiger partial charge in [0.25, 0.3) is 0 Å². The summed E-state index contributed by atoms with van der Waals surface area (Å²) in [6, 6.07) is 4.13. The first-order valence-electron chi connectivity index (χ1n) is 11.7. The van der Waals surface area contributed by atoms with Crippen LogP contribution in [0.15, 0.2) is 29.9 Å². The lowest BCUT2D eigenvalue weighted by atomic mass is 10.0. The molecule has 4 heterocycles. The van der Waals surface area contributed by atoms with Crippen molar-refractivity contribution < 1.29 is 55.6 Å². The number of carbonyl (C=O) groups is 2. The molecule has 1 atom stereocenters. The Hall–Kier alpha value is -2.86. The molecule has 0 aliphatic carbocycles. The van der Waals surface area contributed by atoms with Gasteiger partial charge in [-0.3, -0.25) is 14.8 Å². The van der Waals surface area contributed by atoms with Crippen molar-refractivity contribution >= 4 is 23.3 Å². The summed E-state index contributed by atoms with van der Waals surface area (Å²) in [5.41, 5.74) is 2.13. The second-order valence-electron chi connectivity index (χ2n) is 8.83. The van der Waals surface area contributed by atoms with Crippen LogP contribution in [0.25, 0.3) is 0 Å². The molecule has 17 heteroatoms. The fourth-order valence-electron chi connectivity index (χ4n) is 3.82. The largest absolute Gasteiger partial charge is 0.490 e. The van der Waals surface area contributed by atoms with E-state index < -0.39 is 24.3 Å². The predicted octanol–water partition coefficient (Wildman–Crippen LogP) is 3.22. The Morgan fingerprint density at radius 1 is 1.02 bits per heavy atom. The molecule has 2 N–H and O–H groups in total. The fourth-order valence-corrected chi connectivity index (χ4v) is 4.42. The number of aliphatic carboxylic acids is 2. The number of morpholine rings is 1. The van der Waals surface area contributed by atoms with E-state index in [4.69, 9.17) is 29.3 Å². The normalized spacial score (nSPS) is 20.5. The van der Waals surface area contributed by atoms with Crippen molar-refractivity contribution in [3.8, 4) is 0 Å². The standard InChI is InChI=1S/C19H26N4O2S.2C2HF3O2/c1-16-21-18(12-26-16)11-23-5-7-24-15-19(14-23)13-22(6-8-25-19)10-17-3-2-4-20-9-17;2*3-2(4,5)1(6)7/h2-4,9,12H,5-8,10-11,13-15H2,1H3;2*(H,6,7). The van der Waals surface area contributed by atoms with Gasteiger partial charge in [-0.15, -0.1) is 11.3 Å². The van der Waals surface area contributed by atoms with E-state index in [9.17, 15) is 26.3 Å². The van der Waals surface area contributed by atoms with Crippen LogP contribution in [0.2, 0.25) is 0 Å². The third-order valence-corrected chi connectivity index (χ3v) is 6.24. The summed E-state index contributed by atoms with van der Waals surface area (Å²) in [5.74, 6) is -5.51. The lowest BCUT2D eigenvalue weighted by molar-refractivity contribution is -0.193. The number of hydrogen-bond donors (Lipinski definition) is 2. The number of hydrogen-bond acceptors (Lipinski definition) is 9. The Bertz CT molecular complexity index is 1060. The average molecular weight is 603 g/mol. The van der Waals surface area contributed by atoms with E-state index in [0.29, 0.717) is 6.61 Å². The Kier molecular flexibility index (Phi) is 12.2. The second-order valence-corrected chi connectivity index (χ2v) is 9.89. The minimum atomic E-state index is -5.08. The van der Waals surface area contributed by atoms with Crippen molar-refractivity contribution in [2.24, 2.45) is 0 Å². The van der Waals surface area contributed by atoms with Crippen molar-refractivity contribution in [2.75, 3.05) is 46.0 Å². The quantitative estimate of drug-likeness (QED) is 0.504. The molecule has 224 valence electrons. The first-order chi connectivity index (χ1) is 18.6. The van der Waals surface area contributed by atoms with Crippen molar-refractivity contribution in [1.29, 1.82) is 0 Å². The molecule has 1 spiro atoms. The average Bonchev–Trinajstić information content (AvgIpc) is 3.16. The van der Waals surface area contributed by atoms with Gasteiger partial charge in [0.2, 0.25) is 0 Å². The first-order valence-corrected chi connectivity index (χ1v) is 12.5. The van der Waals surface area contributed by atoms with Gasteiger partial charge in [-0.05, 0) is 18.6 Å². The number of ether oxygens (including phenoxy) is 2. The number of aryl methyl sites for hydroxylation is 1. The van der Waals surface area contributed by atoms with Crippen LogP contribution in [0, 0.1) is 6.92 Å². The Labute approximate surface area is 229 Å². The third kappa shape index (κ3) is 11.7. The van der Waals surface area contributed by atoms with Crippen molar-refractivity contribution in [2.45, 2.75) is 38.0 Å². The van der Waals surface area contributed by atoms with E-state index in [1.54, 1.807) is 11.3 Å². The summed E-state index contributed by atoms with van der Waals surface area (Å²) in [7, 11) is 0. The zero-order valence-corrected chi connectivity index (χ0v) is 22.1. The summed E-state index contributed by atoms with van der Waals surface area (Å²) >= 11 is 1.71. The third-order valence-electron chi connectivity index (χ3n) is 5.42. The Balaban J connectivity index is 0.000000333. The molecule has 2 saturated heterocycles. The van der Waals surface area contributed by atoms with Gasteiger partial charge < -0.3 is 19.7 Å². The molecular weight excluding hydrogens is 574 g/mol. The minimum Gasteiger partial charge on any atom is -0.475 e. The van der Waals surface area contributed by atoms with Gasteiger partial charge in [0.1, 0.15) is 5.60 Å². The van der Waals surface area contributed by atoms with E-state index in [2.05, 4.69) is 38.1 Å². The first kappa shape index (κ1) is 33.3. The molecule has 0 aromatic carbocycles. The number of rotatable bonds is 4. The fraction of sp³-hybridized carbons (Fsp3) is 0.565. The number of carboxylic acid groups (broad SMARTS) is 2. The summed E-state index contributed by atoms with van der Waals surface area (Å²) < 4.78 is 75.7. The van der Waals surface area contributed by atoms with Gasteiger partial charge in [0.05, 0.1) is 30.5 Å². The second kappa shape index (κ2) is 14.7. The summed E-state index contributed by atoms with van der Waals surface area (Å²) in [6.07, 6.45) is -6.40. The Morgan fingerprint density at radius 3 is 2.10 bits per heavy atom. The van der Waals surface area contributed by atoms with Crippen molar-refractivity contribution in [1.82, 2.24) is 19.8 Å². The molecule has 2 fully saturated rings. The van der Waals surface area contributed by atoms with Gasteiger partial charge >= 0.3 is 24.3 Å². The highest BCUT2D eigenvalue weighted by Crippen LogP contribution is 2.25. The topological polar surface area (TPSA) is 125 Å². The number of carboxylic acids is 2. The highest BCUT2D eigenvalue weighted by atomic mass is 32.1. The molecule has 2 aromatic heterocycles. The smallest absolute Gasteiger partial charge is 0.475 e. The van der Waals surface area contributed by atoms with Gasteiger partial charge in [-0.1, -0.05) is 6.07 Å². The molecule has 2 aliphatic rings. The van der Waals surface area contributed by atoms with Crippen LogP contribution in [0.3, 0.4) is 0 Å². The van der Waals surface area contributed by atoms with Gasteiger partial charge in [-0.2, -0.15) is 26.3 Å². The molecule has 0 amide bonds. The predicted molar refractivity (Wildman–Crippen MR) is 129 cm³/mol. The van der Waals surface area contributed by atoms with Crippen LogP contribution < -0.4 is 0 Å². The molecule has 4 rings (SSSR count). The van der Waals surface area contributed by atoms with Crippen LogP contribution in [0.4, 0.5) is 26.3 Å². The number of aromatic nitrogens is 2. The maximum atomic E-state index is 10.6. The maximum absolute atomic E-state index is 10.6. The summed E-state index contributed by atoms with van der Waals surface area (Å²) in [6.45, 7) is 9.61. The molecule has 40 heavy (non-hydrogen) atoms. The molecule has 2 aromatic rings. The van der Waals surface area contributed by atoms with E-state index in [0.717, 1.165) is 63.2 Å². The molecule has 1 unspecified atom stereocenters. The van der Waals surface area contributed by atoms with Crippen LogP contribution in [-0.4, -0.2) is 106 Å². The number of nitrogens with zero attached hydrogens (tertiary/aromatic N) is 4. The molecule has 0 saturated carbocycles. The van der Waals surface area contributed by atoms with Gasteiger partial charge in [0.15, 0.2) is 0 Å². The maximum Gasteiger partial charge on any atom is 0.490 e. The van der Waals surface area contributed by atoms with Crippen molar-refractivity contribution in [3.63, 3.8) is 0 Å². The number of pyridine rings is 1. The van der Waals surface area contributed by atoms with E-state index >= 15 is 0 Å². The molecule has 0 radical (unpaired) electrons. The van der Waals surface area contributed by atoms with Gasteiger partial charge in [-0.25, -0.2) is 14.6 Å². The molecular formula is C23H28F6N4O6S. The van der Waals surface area contributed by atoms with Crippen LogP contribution in [0.1, 0.15) is 16.3 Å². The number of thiazole rings is 1. The van der Waals surface area contributed by atoms with Crippen LogP contribution in [-0.2, 0) is 32.2 Å². The summed E-state index contributed by atoms with van der Waals surface area (Å²) in [4.78, 5) is 31.5. The lowest BCUT2D eigenvalue weighted by Gasteiger charge is -2.43. The Morgan fingerprint density at radius 2 is 1.60 bits per heavy atom. The van der Waals surface area contributed by atoms with Gasteiger partial charge in [0, 0.05) is 57.0 Å². The monoisotopic (exact) mass is 602 g/mol. The van der Waals surface area contributed by atoms with Crippen molar-refractivity contribution in [3.05, 3.63) is 46.2 Å². The zero-order chi connectivity index (χ0) is 30.0.